The van der Waals surface area contributed by atoms with Gasteiger partial charge in [-0.25, -0.2) is 0 Å². The zero-order chi connectivity index (χ0) is 8.39. The van der Waals surface area contributed by atoms with E-state index in [1.54, 1.807) is 0 Å². The molecule has 3 heteroatoms. The highest BCUT2D eigenvalue weighted by atomic mass is 32.2. The molecule has 0 spiro atoms. The van der Waals surface area contributed by atoms with E-state index >= 15 is 0 Å². The van der Waals surface area contributed by atoms with Crippen LogP contribution >= 0.6 is 23.1 Å². The zero-order valence-corrected chi connectivity index (χ0v) is 8.75. The van der Waals surface area contributed by atoms with Gasteiger partial charge in [0.25, 0.3) is 0 Å². The van der Waals surface area contributed by atoms with Gasteiger partial charge in [0.15, 0.2) is 0 Å². The highest BCUT2D eigenvalue weighted by molar-refractivity contribution is 8.00. The number of thiophene rings is 1. The molecule has 1 nitrogen and oxygen atoms in total. The van der Waals surface area contributed by atoms with Gasteiger partial charge in [0.1, 0.15) is 0 Å². The minimum Gasteiger partial charge on any atom is -0.308 e. The van der Waals surface area contributed by atoms with Gasteiger partial charge in [-0.15, -0.1) is 11.3 Å². The van der Waals surface area contributed by atoms with Crippen molar-refractivity contribution in [1.29, 1.82) is 0 Å². The molecule has 0 saturated carbocycles. The molecule has 1 fully saturated rings. The molecule has 2 rings (SSSR count). The van der Waals surface area contributed by atoms with Gasteiger partial charge in [0, 0.05) is 22.4 Å². The van der Waals surface area contributed by atoms with Crippen LogP contribution in [0, 0.1) is 0 Å². The van der Waals surface area contributed by atoms with Crippen molar-refractivity contribution in [2.45, 2.75) is 18.2 Å². The summed E-state index contributed by atoms with van der Waals surface area (Å²) in [6.07, 6.45) is 0. The lowest BCUT2D eigenvalue weighted by molar-refractivity contribution is 0.542. The molecule has 1 saturated heterocycles. The zero-order valence-electron chi connectivity index (χ0n) is 7.12. The van der Waals surface area contributed by atoms with Gasteiger partial charge < -0.3 is 5.32 Å². The van der Waals surface area contributed by atoms with Crippen molar-refractivity contribution in [1.82, 2.24) is 5.32 Å². The molecule has 2 heterocycles. The molecule has 2 atom stereocenters. The third kappa shape index (κ3) is 1.68. The molecule has 1 aliphatic rings. The van der Waals surface area contributed by atoms with E-state index in [1.165, 1.54) is 10.6 Å². The highest BCUT2D eigenvalue weighted by Gasteiger charge is 2.23. The van der Waals surface area contributed by atoms with E-state index in [0.717, 1.165) is 11.8 Å². The number of hydrogen-bond donors (Lipinski definition) is 1. The van der Waals surface area contributed by atoms with Gasteiger partial charge in [-0.05, 0) is 11.4 Å². The molecule has 1 aromatic heterocycles. The van der Waals surface area contributed by atoms with Crippen LogP contribution in [-0.4, -0.2) is 17.5 Å². The molecule has 66 valence electrons. The van der Waals surface area contributed by atoms with Crippen LogP contribution in [-0.2, 0) is 0 Å². The Morgan fingerprint density at radius 2 is 2.50 bits per heavy atom. The Bertz CT molecular complexity index is 233. The Morgan fingerprint density at radius 3 is 3.17 bits per heavy atom. The van der Waals surface area contributed by atoms with E-state index in [2.05, 4.69) is 41.5 Å². The van der Waals surface area contributed by atoms with Crippen molar-refractivity contribution in [3.63, 3.8) is 0 Å². The molecular weight excluding hydrogens is 186 g/mol. The van der Waals surface area contributed by atoms with Gasteiger partial charge in [0.05, 0.1) is 6.04 Å². The summed E-state index contributed by atoms with van der Waals surface area (Å²) >= 11 is 3.93. The monoisotopic (exact) mass is 199 g/mol. The molecule has 12 heavy (non-hydrogen) atoms. The van der Waals surface area contributed by atoms with Crippen molar-refractivity contribution >= 4 is 23.1 Å². The minimum atomic E-state index is 0.587. The van der Waals surface area contributed by atoms with E-state index in [1.807, 2.05) is 11.3 Å². The van der Waals surface area contributed by atoms with E-state index in [4.69, 9.17) is 0 Å². The van der Waals surface area contributed by atoms with Crippen molar-refractivity contribution in [2.24, 2.45) is 0 Å². The van der Waals surface area contributed by atoms with Gasteiger partial charge in [0.2, 0.25) is 0 Å². The molecule has 0 bridgehead atoms. The predicted molar refractivity (Wildman–Crippen MR) is 57.0 cm³/mol. The number of nitrogens with one attached hydrogen (secondary N) is 1. The van der Waals surface area contributed by atoms with Crippen LogP contribution in [0.25, 0.3) is 0 Å². The van der Waals surface area contributed by atoms with E-state index in [0.29, 0.717) is 6.04 Å². The Kier molecular flexibility index (Phi) is 2.73. The smallest absolute Gasteiger partial charge is 0.0532 e. The third-order valence-electron chi connectivity index (χ3n) is 2.17. The topological polar surface area (TPSA) is 12.0 Å². The quantitative estimate of drug-likeness (QED) is 0.746. The minimum absolute atomic E-state index is 0.587. The molecule has 1 N–H and O–H groups in total. The molecule has 0 radical (unpaired) electrons. The first-order valence-corrected chi connectivity index (χ1v) is 6.19. The van der Waals surface area contributed by atoms with Crippen LogP contribution in [0.5, 0.6) is 0 Å². The van der Waals surface area contributed by atoms with Gasteiger partial charge in [-0.3, -0.25) is 0 Å². The first-order chi connectivity index (χ1) is 5.88. The molecule has 1 aromatic rings. The molecular formula is C9H13NS2. The second-order valence-corrected chi connectivity index (χ2v) is 5.49. The summed E-state index contributed by atoms with van der Waals surface area (Å²) in [7, 11) is 0. The maximum absolute atomic E-state index is 3.56. The number of thioether (sulfide) groups is 1. The summed E-state index contributed by atoms with van der Waals surface area (Å²) in [6, 6.07) is 4.95. The SMILES string of the molecule is CC1SCCNC1c1cccs1. The lowest BCUT2D eigenvalue weighted by atomic mass is 10.2. The van der Waals surface area contributed by atoms with E-state index in [9.17, 15) is 0 Å². The summed E-state index contributed by atoms with van der Waals surface area (Å²) in [5.74, 6) is 1.25. The maximum atomic E-state index is 3.56. The van der Waals surface area contributed by atoms with Crippen molar-refractivity contribution in [2.75, 3.05) is 12.3 Å². The van der Waals surface area contributed by atoms with Crippen LogP contribution in [0.1, 0.15) is 17.8 Å². The van der Waals surface area contributed by atoms with Gasteiger partial charge in [-0.2, -0.15) is 11.8 Å². The maximum Gasteiger partial charge on any atom is 0.0532 e. The van der Waals surface area contributed by atoms with Crippen LogP contribution in [0.15, 0.2) is 17.5 Å². The summed E-state index contributed by atoms with van der Waals surface area (Å²) in [4.78, 5) is 1.48. The standard InChI is InChI=1S/C9H13NS2/c1-7-9(10-4-6-11-7)8-3-2-5-12-8/h2-3,5,7,9-10H,4,6H2,1H3. The summed E-state index contributed by atoms with van der Waals surface area (Å²) < 4.78 is 0. The lowest BCUT2D eigenvalue weighted by Gasteiger charge is -2.28. The van der Waals surface area contributed by atoms with Crippen LogP contribution in [0.4, 0.5) is 0 Å². The average Bonchev–Trinajstić information content (AvgIpc) is 2.57. The first-order valence-electron chi connectivity index (χ1n) is 4.26. The van der Waals surface area contributed by atoms with Crippen molar-refractivity contribution in [3.8, 4) is 0 Å². The van der Waals surface area contributed by atoms with Crippen molar-refractivity contribution in [3.05, 3.63) is 22.4 Å². The predicted octanol–water partition coefficient (Wildman–Crippen LogP) is 2.51. The number of rotatable bonds is 1. The van der Waals surface area contributed by atoms with Crippen LogP contribution in [0.2, 0.25) is 0 Å². The van der Waals surface area contributed by atoms with Crippen LogP contribution in [0.3, 0.4) is 0 Å². The third-order valence-corrected chi connectivity index (χ3v) is 4.36. The Balaban J connectivity index is 2.11. The molecule has 2 unspecified atom stereocenters. The molecule has 0 amide bonds. The number of hydrogen-bond acceptors (Lipinski definition) is 3. The fourth-order valence-corrected chi connectivity index (χ4v) is 3.56. The first kappa shape index (κ1) is 8.60. The molecule has 0 aromatic carbocycles. The molecule has 1 aliphatic heterocycles. The van der Waals surface area contributed by atoms with Crippen LogP contribution < -0.4 is 5.32 Å². The summed E-state index contributed by atoms with van der Waals surface area (Å²) in [6.45, 7) is 3.46. The second-order valence-electron chi connectivity index (χ2n) is 3.02. The van der Waals surface area contributed by atoms with E-state index < -0.39 is 0 Å². The summed E-state index contributed by atoms with van der Waals surface area (Å²) in [5.41, 5.74) is 0. The Morgan fingerprint density at radius 1 is 1.58 bits per heavy atom. The average molecular weight is 199 g/mol. The Hall–Kier alpha value is 0.01000. The normalized spacial score (nSPS) is 30.4. The van der Waals surface area contributed by atoms with Crippen molar-refractivity contribution < 1.29 is 0 Å². The fourth-order valence-electron chi connectivity index (χ4n) is 1.52. The highest BCUT2D eigenvalue weighted by Crippen LogP contribution is 2.31. The second kappa shape index (κ2) is 3.81. The fraction of sp³-hybridized carbons (Fsp3) is 0.556. The van der Waals surface area contributed by atoms with Gasteiger partial charge in [-0.1, -0.05) is 13.0 Å². The summed E-state index contributed by atoms with van der Waals surface area (Å²) in [5, 5.41) is 6.44. The Labute approximate surface area is 81.6 Å². The molecule has 0 aliphatic carbocycles. The van der Waals surface area contributed by atoms with E-state index in [-0.39, 0.29) is 0 Å². The largest absolute Gasteiger partial charge is 0.308 e. The van der Waals surface area contributed by atoms with Gasteiger partial charge >= 0.3 is 0 Å². The lowest BCUT2D eigenvalue weighted by Crippen LogP contribution is -2.34.